The van der Waals surface area contributed by atoms with E-state index >= 15 is 0 Å². The highest BCUT2D eigenvalue weighted by Gasteiger charge is 2.27. The van der Waals surface area contributed by atoms with E-state index in [1.165, 1.54) is 12.8 Å². The maximum absolute atomic E-state index is 12.7. The number of para-hydroxylation sites is 1. The second-order valence-corrected chi connectivity index (χ2v) is 5.90. The lowest BCUT2D eigenvalue weighted by molar-refractivity contribution is 0.517. The van der Waals surface area contributed by atoms with Crippen LogP contribution in [0.25, 0.3) is 5.69 Å². The minimum atomic E-state index is -0.0759. The van der Waals surface area contributed by atoms with Crippen molar-refractivity contribution in [3.8, 4) is 5.69 Å². The van der Waals surface area contributed by atoms with Crippen molar-refractivity contribution >= 4 is 5.69 Å². The van der Waals surface area contributed by atoms with Crippen molar-refractivity contribution in [3.05, 3.63) is 45.9 Å². The van der Waals surface area contributed by atoms with E-state index in [1.807, 2.05) is 31.2 Å². The molecule has 2 N–H and O–H groups in total. The molecule has 0 amide bonds. The monoisotopic (exact) mass is 285 g/mol. The molecular weight excluding hydrogens is 262 g/mol. The lowest BCUT2D eigenvalue weighted by Gasteiger charge is -2.17. The molecule has 4 heteroatoms. The average Bonchev–Trinajstić information content (AvgIpc) is 3.08. The number of rotatable bonds is 3. The topological polar surface area (TPSA) is 52.9 Å². The molecule has 0 spiro atoms. The van der Waals surface area contributed by atoms with E-state index < -0.39 is 0 Å². The van der Waals surface area contributed by atoms with Crippen LogP contribution in [0.5, 0.6) is 0 Å². The van der Waals surface area contributed by atoms with Gasteiger partial charge in [-0.2, -0.15) is 0 Å². The van der Waals surface area contributed by atoms with Crippen LogP contribution in [0, 0.1) is 6.92 Å². The Labute approximate surface area is 125 Å². The molecule has 1 saturated carbocycles. The van der Waals surface area contributed by atoms with Gasteiger partial charge in [-0.25, -0.2) is 4.68 Å². The van der Waals surface area contributed by atoms with E-state index in [9.17, 15) is 4.79 Å². The van der Waals surface area contributed by atoms with E-state index in [2.05, 4.69) is 11.6 Å². The van der Waals surface area contributed by atoms with E-state index in [0.29, 0.717) is 11.6 Å². The molecule has 1 aliphatic rings. The number of hydrogen-bond acceptors (Lipinski definition) is 2. The van der Waals surface area contributed by atoms with Gasteiger partial charge in [-0.15, -0.1) is 0 Å². The van der Waals surface area contributed by atoms with Gasteiger partial charge in [0.15, 0.2) is 0 Å². The molecule has 1 aromatic carbocycles. The van der Waals surface area contributed by atoms with Gasteiger partial charge in [-0.1, -0.05) is 31.0 Å². The normalized spacial score (nSPS) is 15.7. The summed E-state index contributed by atoms with van der Waals surface area (Å²) < 4.78 is 3.84. The molecule has 0 atom stereocenters. The summed E-state index contributed by atoms with van der Waals surface area (Å²) in [5.41, 5.74) is 9.62. The fourth-order valence-corrected chi connectivity index (χ4v) is 3.56. The van der Waals surface area contributed by atoms with Crippen LogP contribution in [-0.2, 0) is 6.54 Å². The lowest BCUT2D eigenvalue weighted by atomic mass is 10.0. The summed E-state index contributed by atoms with van der Waals surface area (Å²) >= 11 is 0. The van der Waals surface area contributed by atoms with Crippen LogP contribution in [-0.4, -0.2) is 9.36 Å². The highest BCUT2D eigenvalue weighted by atomic mass is 16.1. The summed E-state index contributed by atoms with van der Waals surface area (Å²) in [5, 5.41) is 0. The van der Waals surface area contributed by atoms with Gasteiger partial charge >= 0.3 is 0 Å². The average molecular weight is 285 g/mol. The largest absolute Gasteiger partial charge is 0.393 e. The predicted molar refractivity (Wildman–Crippen MR) is 86.1 cm³/mol. The molecule has 3 rings (SSSR count). The fourth-order valence-electron chi connectivity index (χ4n) is 3.56. The Kier molecular flexibility index (Phi) is 3.62. The van der Waals surface area contributed by atoms with Crippen LogP contribution in [0.3, 0.4) is 0 Å². The molecule has 0 aliphatic heterocycles. The van der Waals surface area contributed by atoms with Gasteiger partial charge in [-0.05, 0) is 38.3 Å². The molecule has 1 heterocycles. The Morgan fingerprint density at radius 2 is 1.90 bits per heavy atom. The Morgan fingerprint density at radius 3 is 2.52 bits per heavy atom. The van der Waals surface area contributed by atoms with Crippen LogP contribution >= 0.6 is 0 Å². The van der Waals surface area contributed by atoms with Crippen LogP contribution in [0.4, 0.5) is 5.69 Å². The predicted octanol–water partition coefficient (Wildman–Crippen LogP) is 3.21. The Hall–Kier alpha value is -1.97. The standard InChI is InChI=1S/C17H23N3O/c1-3-19-16(13-9-5-6-10-13)15(18)17(21)20(19)14-11-7-4-8-12(14)2/h4,7-8,11,13H,3,5-6,9-10,18H2,1-2H3. The third-order valence-corrected chi connectivity index (χ3v) is 4.60. The SMILES string of the molecule is CCn1c(C2CCCC2)c(N)c(=O)n1-c1ccccc1C. The number of benzene rings is 1. The van der Waals surface area contributed by atoms with Gasteiger partial charge in [0, 0.05) is 12.5 Å². The van der Waals surface area contributed by atoms with Crippen LogP contribution in [0.1, 0.15) is 49.8 Å². The minimum absolute atomic E-state index is 0.0759. The van der Waals surface area contributed by atoms with Gasteiger partial charge in [0.2, 0.25) is 0 Å². The quantitative estimate of drug-likeness (QED) is 0.941. The summed E-state index contributed by atoms with van der Waals surface area (Å²) in [7, 11) is 0. The number of aryl methyl sites for hydroxylation is 1. The zero-order chi connectivity index (χ0) is 15.0. The summed E-state index contributed by atoms with van der Waals surface area (Å²) in [4.78, 5) is 12.7. The molecule has 0 unspecified atom stereocenters. The Morgan fingerprint density at radius 1 is 1.24 bits per heavy atom. The van der Waals surface area contributed by atoms with E-state index in [4.69, 9.17) is 5.73 Å². The molecule has 0 radical (unpaired) electrons. The van der Waals surface area contributed by atoms with Crippen LogP contribution in [0.2, 0.25) is 0 Å². The molecule has 0 bridgehead atoms. The lowest BCUT2D eigenvalue weighted by Crippen LogP contribution is -2.23. The number of anilines is 1. The molecule has 21 heavy (non-hydrogen) atoms. The number of nitrogens with two attached hydrogens (primary N) is 1. The van der Waals surface area contributed by atoms with Gasteiger partial charge in [0.25, 0.3) is 5.56 Å². The van der Waals surface area contributed by atoms with E-state index in [-0.39, 0.29) is 5.56 Å². The highest BCUT2D eigenvalue weighted by molar-refractivity contribution is 5.49. The highest BCUT2D eigenvalue weighted by Crippen LogP contribution is 2.36. The Bertz CT molecular complexity index is 705. The molecular formula is C17H23N3O. The smallest absolute Gasteiger partial charge is 0.294 e. The molecule has 0 saturated heterocycles. The molecule has 2 aromatic rings. The number of nitrogens with zero attached hydrogens (tertiary/aromatic N) is 2. The van der Waals surface area contributed by atoms with Crippen molar-refractivity contribution in [3.63, 3.8) is 0 Å². The molecule has 1 aromatic heterocycles. The molecule has 1 aliphatic carbocycles. The van der Waals surface area contributed by atoms with Crippen molar-refractivity contribution in [2.45, 2.75) is 52.0 Å². The van der Waals surface area contributed by atoms with Gasteiger partial charge in [0.05, 0.1) is 11.4 Å². The summed E-state index contributed by atoms with van der Waals surface area (Å²) in [6.45, 7) is 4.86. The molecule has 4 nitrogen and oxygen atoms in total. The van der Waals surface area contributed by atoms with Crippen LogP contribution < -0.4 is 11.3 Å². The molecule has 112 valence electrons. The first-order valence-electron chi connectivity index (χ1n) is 7.82. The number of nitrogen functional groups attached to an aromatic ring is 1. The zero-order valence-corrected chi connectivity index (χ0v) is 12.8. The molecule has 1 fully saturated rings. The van der Waals surface area contributed by atoms with Gasteiger partial charge < -0.3 is 5.73 Å². The maximum Gasteiger partial charge on any atom is 0.294 e. The van der Waals surface area contributed by atoms with Crippen molar-refractivity contribution in [2.75, 3.05) is 5.73 Å². The van der Waals surface area contributed by atoms with Crippen molar-refractivity contribution in [1.82, 2.24) is 9.36 Å². The van der Waals surface area contributed by atoms with Gasteiger partial charge in [0.1, 0.15) is 5.69 Å². The first kappa shape index (κ1) is 14.0. The minimum Gasteiger partial charge on any atom is -0.393 e. The second-order valence-electron chi connectivity index (χ2n) is 5.90. The second kappa shape index (κ2) is 5.43. The summed E-state index contributed by atoms with van der Waals surface area (Å²) in [5.74, 6) is 0.433. The maximum atomic E-state index is 12.7. The first-order valence-corrected chi connectivity index (χ1v) is 7.82. The van der Waals surface area contributed by atoms with E-state index in [0.717, 1.165) is 36.3 Å². The van der Waals surface area contributed by atoms with Crippen molar-refractivity contribution in [1.29, 1.82) is 0 Å². The fraction of sp³-hybridized carbons (Fsp3) is 0.471. The third kappa shape index (κ3) is 2.19. The number of hydrogen-bond donors (Lipinski definition) is 1. The van der Waals surface area contributed by atoms with E-state index in [1.54, 1.807) is 4.68 Å². The first-order chi connectivity index (χ1) is 10.1. The van der Waals surface area contributed by atoms with Crippen LogP contribution in [0.15, 0.2) is 29.1 Å². The zero-order valence-electron chi connectivity index (χ0n) is 12.8. The van der Waals surface area contributed by atoms with Crippen molar-refractivity contribution < 1.29 is 0 Å². The summed E-state index contributed by atoms with van der Waals surface area (Å²) in [6, 6.07) is 7.97. The third-order valence-electron chi connectivity index (χ3n) is 4.60. The number of aromatic nitrogens is 2. The van der Waals surface area contributed by atoms with Crippen molar-refractivity contribution in [2.24, 2.45) is 0 Å². The van der Waals surface area contributed by atoms with Gasteiger partial charge in [-0.3, -0.25) is 9.48 Å². The summed E-state index contributed by atoms with van der Waals surface area (Å²) in [6.07, 6.45) is 4.75. The Balaban J connectivity index is 2.24.